The Hall–Kier alpha value is -2.18. The largest absolute Gasteiger partial charge is 0.495 e. The number of methoxy groups -OCH3 is 1. The molecule has 1 aromatic rings. The van der Waals surface area contributed by atoms with E-state index in [-0.39, 0.29) is 0 Å². The van der Waals surface area contributed by atoms with Crippen molar-refractivity contribution in [2.24, 2.45) is 4.99 Å². The van der Waals surface area contributed by atoms with Gasteiger partial charge in [0.1, 0.15) is 11.6 Å². The molecular formula is C16H23N5O. The number of pyridine rings is 1. The van der Waals surface area contributed by atoms with Crippen molar-refractivity contribution in [3.05, 3.63) is 41.8 Å². The third-order valence-electron chi connectivity index (χ3n) is 3.28. The molecule has 6 nitrogen and oxygen atoms in total. The molecule has 118 valence electrons. The molecule has 0 spiro atoms. The Morgan fingerprint density at radius 2 is 2.32 bits per heavy atom. The Balaban J connectivity index is 2.39. The molecular weight excluding hydrogens is 278 g/mol. The number of allylic oxidation sites excluding steroid dienone is 3. The summed E-state index contributed by atoms with van der Waals surface area (Å²) in [6.45, 7) is 6.83. The fourth-order valence-electron chi connectivity index (χ4n) is 2.14. The van der Waals surface area contributed by atoms with Crippen LogP contribution in [0.1, 0.15) is 27.2 Å². The fourth-order valence-corrected chi connectivity index (χ4v) is 2.14. The number of nitrogens with one attached hydrogen (secondary N) is 2. The van der Waals surface area contributed by atoms with Gasteiger partial charge in [-0.25, -0.2) is 20.4 Å². The summed E-state index contributed by atoms with van der Waals surface area (Å²) in [5, 5.41) is 1.84. The molecule has 0 atom stereocenters. The summed E-state index contributed by atoms with van der Waals surface area (Å²) < 4.78 is 5.15. The molecule has 1 aromatic heterocycles. The molecule has 1 aliphatic heterocycles. The van der Waals surface area contributed by atoms with E-state index in [9.17, 15) is 0 Å². The van der Waals surface area contributed by atoms with Crippen molar-refractivity contribution in [2.45, 2.75) is 27.2 Å². The van der Waals surface area contributed by atoms with Crippen LogP contribution in [0.15, 0.2) is 46.7 Å². The Morgan fingerprint density at radius 3 is 2.91 bits per heavy atom. The number of rotatable bonds is 4. The number of anilines is 1. The highest BCUT2D eigenvalue weighted by molar-refractivity contribution is 6.09. The van der Waals surface area contributed by atoms with Crippen molar-refractivity contribution in [2.75, 3.05) is 18.7 Å². The van der Waals surface area contributed by atoms with Crippen LogP contribution in [0.4, 0.5) is 5.82 Å². The van der Waals surface area contributed by atoms with Crippen LogP contribution in [0.3, 0.4) is 0 Å². The summed E-state index contributed by atoms with van der Waals surface area (Å²) in [5.74, 6) is 2.32. The number of hydrogen-bond donors (Lipinski definition) is 2. The maximum Gasteiger partial charge on any atom is 0.154 e. The minimum atomic E-state index is 0.710. The Labute approximate surface area is 131 Å². The standard InChI is InChI=1S/C16H23N5O/c1-5-7-12(3)19-16-13(6-2)10-18-20-21(16)15-9-8-14(22-4)11-17-15/h6-9,11,18,20H,5,10H2,1-4H3/b12-7+,13-6-,19-16-. The highest BCUT2D eigenvalue weighted by Crippen LogP contribution is 2.19. The quantitative estimate of drug-likeness (QED) is 0.895. The van der Waals surface area contributed by atoms with Gasteiger partial charge in [0.15, 0.2) is 5.84 Å². The van der Waals surface area contributed by atoms with E-state index in [0.29, 0.717) is 6.54 Å². The summed E-state index contributed by atoms with van der Waals surface area (Å²) >= 11 is 0. The topological polar surface area (TPSA) is 61.8 Å². The first-order valence-electron chi connectivity index (χ1n) is 7.39. The number of amidine groups is 1. The van der Waals surface area contributed by atoms with Crippen LogP contribution in [0.5, 0.6) is 5.75 Å². The molecule has 0 amide bonds. The maximum atomic E-state index is 5.15. The molecule has 2 rings (SSSR count). The van der Waals surface area contributed by atoms with Crippen LogP contribution >= 0.6 is 0 Å². The molecule has 0 bridgehead atoms. The molecule has 0 unspecified atom stereocenters. The highest BCUT2D eigenvalue weighted by atomic mass is 16.5. The van der Waals surface area contributed by atoms with Gasteiger partial charge in [-0.3, -0.25) is 0 Å². The molecule has 1 fully saturated rings. The predicted molar refractivity (Wildman–Crippen MR) is 89.6 cm³/mol. The van der Waals surface area contributed by atoms with Gasteiger partial charge >= 0.3 is 0 Å². The van der Waals surface area contributed by atoms with Gasteiger partial charge in [0.25, 0.3) is 0 Å². The second-order valence-corrected chi connectivity index (χ2v) is 4.86. The van der Waals surface area contributed by atoms with Crippen LogP contribution in [0.25, 0.3) is 0 Å². The van der Waals surface area contributed by atoms with Gasteiger partial charge < -0.3 is 4.74 Å². The first-order valence-corrected chi connectivity index (χ1v) is 7.39. The molecule has 0 radical (unpaired) electrons. The summed E-state index contributed by atoms with van der Waals surface area (Å²) in [6, 6.07) is 3.76. The minimum absolute atomic E-state index is 0.710. The van der Waals surface area contributed by atoms with Crippen LogP contribution < -0.4 is 20.7 Å². The third kappa shape index (κ3) is 3.72. The summed E-state index contributed by atoms with van der Waals surface area (Å²) in [6.07, 6.45) is 6.80. The molecule has 1 saturated heterocycles. The van der Waals surface area contributed by atoms with Crippen molar-refractivity contribution in [3.63, 3.8) is 0 Å². The molecule has 1 aliphatic rings. The average Bonchev–Trinajstić information content (AvgIpc) is 2.55. The van der Waals surface area contributed by atoms with Gasteiger partial charge in [0.05, 0.1) is 13.3 Å². The first-order chi connectivity index (χ1) is 10.7. The predicted octanol–water partition coefficient (Wildman–Crippen LogP) is 2.58. The Kier molecular flexibility index (Phi) is 5.68. The second-order valence-electron chi connectivity index (χ2n) is 4.86. The monoisotopic (exact) mass is 301 g/mol. The third-order valence-corrected chi connectivity index (χ3v) is 3.28. The van der Waals surface area contributed by atoms with Crippen LogP contribution in [0, 0.1) is 0 Å². The summed E-state index contributed by atoms with van der Waals surface area (Å²) in [4.78, 5) is 9.16. The molecule has 0 aliphatic carbocycles. The maximum absolute atomic E-state index is 5.15. The van der Waals surface area contributed by atoms with Gasteiger partial charge in [-0.05, 0) is 32.4 Å². The molecule has 0 saturated carbocycles. The molecule has 22 heavy (non-hydrogen) atoms. The number of nitrogens with zero attached hydrogens (tertiary/aromatic N) is 3. The molecule has 2 heterocycles. The summed E-state index contributed by atoms with van der Waals surface area (Å²) in [5.41, 5.74) is 8.35. The zero-order valence-electron chi connectivity index (χ0n) is 13.6. The molecule has 0 aromatic carbocycles. The van der Waals surface area contributed by atoms with Crippen LogP contribution in [-0.2, 0) is 0 Å². The molecule has 6 heteroatoms. The fraction of sp³-hybridized carbons (Fsp3) is 0.375. The highest BCUT2D eigenvalue weighted by Gasteiger charge is 2.23. The zero-order valence-corrected chi connectivity index (χ0v) is 13.6. The number of aromatic nitrogens is 1. The van der Waals surface area contributed by atoms with Crippen molar-refractivity contribution in [3.8, 4) is 5.75 Å². The minimum Gasteiger partial charge on any atom is -0.495 e. The van der Waals surface area contributed by atoms with Gasteiger partial charge in [-0.15, -0.1) is 0 Å². The number of hydrazine groups is 2. The lowest BCUT2D eigenvalue weighted by Gasteiger charge is -2.32. The smallest absolute Gasteiger partial charge is 0.154 e. The zero-order chi connectivity index (χ0) is 15.9. The first kappa shape index (κ1) is 16.2. The van der Waals surface area contributed by atoms with Gasteiger partial charge in [-0.1, -0.05) is 19.1 Å². The lowest BCUT2D eigenvalue weighted by atomic mass is 10.2. The lowest BCUT2D eigenvalue weighted by molar-refractivity contribution is 0.412. The Bertz CT molecular complexity index is 589. The van der Waals surface area contributed by atoms with Gasteiger partial charge in [-0.2, -0.15) is 5.53 Å². The number of aliphatic imine (C=N–C) groups is 1. The van der Waals surface area contributed by atoms with Crippen molar-refractivity contribution in [1.82, 2.24) is 15.9 Å². The van der Waals surface area contributed by atoms with E-state index in [1.165, 1.54) is 0 Å². The SMILES string of the molecule is C/C=C1/CNNN(c2ccc(OC)cn2)/C1=N\C(C)=C\CC. The van der Waals surface area contributed by atoms with Crippen molar-refractivity contribution in [1.29, 1.82) is 0 Å². The van der Waals surface area contributed by atoms with E-state index < -0.39 is 0 Å². The number of hydrogen-bond acceptors (Lipinski definition) is 5. The summed E-state index contributed by atoms with van der Waals surface area (Å²) in [7, 11) is 1.63. The van der Waals surface area contributed by atoms with Gasteiger partial charge in [0.2, 0.25) is 0 Å². The average molecular weight is 301 g/mol. The second kappa shape index (κ2) is 7.72. The van der Waals surface area contributed by atoms with E-state index in [2.05, 4.69) is 35.0 Å². The normalized spacial score (nSPS) is 19.8. The van der Waals surface area contributed by atoms with Crippen LogP contribution in [-0.4, -0.2) is 24.5 Å². The molecule has 2 N–H and O–H groups in total. The van der Waals surface area contributed by atoms with E-state index in [4.69, 9.17) is 9.73 Å². The van der Waals surface area contributed by atoms with E-state index in [0.717, 1.165) is 35.1 Å². The van der Waals surface area contributed by atoms with Crippen molar-refractivity contribution >= 4 is 11.7 Å². The van der Waals surface area contributed by atoms with E-state index >= 15 is 0 Å². The lowest BCUT2D eigenvalue weighted by Crippen LogP contribution is -2.57. The van der Waals surface area contributed by atoms with E-state index in [1.54, 1.807) is 13.3 Å². The van der Waals surface area contributed by atoms with Crippen molar-refractivity contribution < 1.29 is 4.74 Å². The number of ether oxygens (including phenoxy) is 1. The Morgan fingerprint density at radius 1 is 1.50 bits per heavy atom. The van der Waals surface area contributed by atoms with E-state index in [1.807, 2.05) is 31.0 Å². The van der Waals surface area contributed by atoms with Gasteiger partial charge in [0, 0.05) is 17.8 Å². The van der Waals surface area contributed by atoms with Crippen LogP contribution in [0.2, 0.25) is 0 Å².